The number of rotatable bonds is 15. The maximum Gasteiger partial charge on any atom is 0.347 e. The molecule has 1 aromatic carbocycles. The van der Waals surface area contributed by atoms with E-state index in [9.17, 15) is 14.7 Å². The predicted octanol–water partition coefficient (Wildman–Crippen LogP) is 4.54. The minimum Gasteiger partial charge on any atom is -0.508 e. The number of carbonyl (C=O) groups excluding carboxylic acids is 2. The van der Waals surface area contributed by atoms with Gasteiger partial charge >= 0.3 is 6.03 Å². The number of aromatic hydroxyl groups is 1. The topological polar surface area (TPSA) is 102 Å². The van der Waals surface area contributed by atoms with E-state index in [0.29, 0.717) is 12.1 Å². The number of hydrazine groups is 2. The molecule has 0 aliphatic carbocycles. The van der Waals surface area contributed by atoms with Crippen LogP contribution in [0.5, 0.6) is 5.75 Å². The van der Waals surface area contributed by atoms with Gasteiger partial charge in [-0.2, -0.15) is 0 Å². The zero-order chi connectivity index (χ0) is 21.2. The molecule has 1 aromatic rings. The van der Waals surface area contributed by atoms with Crippen molar-refractivity contribution in [2.75, 3.05) is 6.54 Å². The molecule has 0 saturated carbocycles. The number of benzene rings is 1. The summed E-state index contributed by atoms with van der Waals surface area (Å²) in [5.41, 5.74) is 10.2. The van der Waals surface area contributed by atoms with Gasteiger partial charge in [-0.05, 0) is 30.7 Å². The van der Waals surface area contributed by atoms with Crippen LogP contribution in [0.4, 0.5) is 4.79 Å². The normalized spacial score (nSPS) is 10.5. The van der Waals surface area contributed by atoms with Crippen LogP contribution in [0.25, 0.3) is 0 Å². The third-order valence-electron chi connectivity index (χ3n) is 4.78. The molecule has 0 heterocycles. The number of hydrogen-bond donors (Lipinski definition) is 5. The van der Waals surface area contributed by atoms with E-state index in [0.717, 1.165) is 12.8 Å². The van der Waals surface area contributed by atoms with Crippen LogP contribution >= 0.6 is 0 Å². The fourth-order valence-electron chi connectivity index (χ4n) is 3.03. The molecule has 0 aliphatic heterocycles. The van der Waals surface area contributed by atoms with E-state index in [1.807, 2.05) is 0 Å². The van der Waals surface area contributed by atoms with Crippen LogP contribution in [0, 0.1) is 0 Å². The Hall–Kier alpha value is -2.28. The summed E-state index contributed by atoms with van der Waals surface area (Å²) < 4.78 is 0. The summed E-state index contributed by atoms with van der Waals surface area (Å²) in [5, 5.41) is 9.19. The summed E-state index contributed by atoms with van der Waals surface area (Å²) in [7, 11) is 0. The number of hydrogen-bond acceptors (Lipinski definition) is 4. The summed E-state index contributed by atoms with van der Waals surface area (Å²) in [6.45, 7) is 2.94. The van der Waals surface area contributed by atoms with E-state index < -0.39 is 11.9 Å². The van der Waals surface area contributed by atoms with Gasteiger partial charge in [0, 0.05) is 12.1 Å². The van der Waals surface area contributed by atoms with Crippen LogP contribution in [-0.2, 0) is 0 Å². The lowest BCUT2D eigenvalue weighted by molar-refractivity contribution is 0.0935. The van der Waals surface area contributed by atoms with E-state index in [4.69, 9.17) is 0 Å². The van der Waals surface area contributed by atoms with Crippen molar-refractivity contribution >= 4 is 11.9 Å². The first-order valence-electron chi connectivity index (χ1n) is 11.0. The Morgan fingerprint density at radius 1 is 0.724 bits per heavy atom. The first-order chi connectivity index (χ1) is 14.1. The highest BCUT2D eigenvalue weighted by Crippen LogP contribution is 2.11. The first-order valence-corrected chi connectivity index (χ1v) is 11.0. The van der Waals surface area contributed by atoms with Gasteiger partial charge in [-0.25, -0.2) is 15.6 Å². The van der Waals surface area contributed by atoms with Crippen molar-refractivity contribution in [1.82, 2.24) is 21.7 Å². The lowest BCUT2D eigenvalue weighted by Crippen LogP contribution is -2.51. The molecule has 1 rings (SSSR count). The zero-order valence-electron chi connectivity index (χ0n) is 17.8. The molecule has 0 aromatic heterocycles. The van der Waals surface area contributed by atoms with Gasteiger partial charge in [0.25, 0.3) is 5.91 Å². The van der Waals surface area contributed by atoms with E-state index in [-0.39, 0.29) is 5.75 Å². The van der Waals surface area contributed by atoms with Crippen molar-refractivity contribution < 1.29 is 14.7 Å². The van der Waals surface area contributed by atoms with Crippen molar-refractivity contribution in [3.63, 3.8) is 0 Å². The molecule has 0 fully saturated rings. The van der Waals surface area contributed by atoms with Crippen molar-refractivity contribution in [2.24, 2.45) is 0 Å². The number of carbonyl (C=O) groups is 2. The number of unbranched alkanes of at least 4 members (excludes halogenated alkanes) is 11. The van der Waals surface area contributed by atoms with Crippen molar-refractivity contribution in [1.29, 1.82) is 0 Å². The van der Waals surface area contributed by atoms with Gasteiger partial charge in [0.05, 0.1) is 0 Å². The average Bonchev–Trinajstić information content (AvgIpc) is 2.72. The Balaban J connectivity index is 1.88. The van der Waals surface area contributed by atoms with Crippen LogP contribution in [0.1, 0.15) is 94.3 Å². The molecular formula is C22H38N4O3. The Morgan fingerprint density at radius 2 is 1.24 bits per heavy atom. The van der Waals surface area contributed by atoms with Crippen LogP contribution < -0.4 is 21.7 Å². The number of phenols is 1. The largest absolute Gasteiger partial charge is 0.508 e. The lowest BCUT2D eigenvalue weighted by atomic mass is 10.1. The second-order valence-electron chi connectivity index (χ2n) is 7.40. The van der Waals surface area contributed by atoms with E-state index in [1.54, 1.807) is 0 Å². The fourth-order valence-corrected chi connectivity index (χ4v) is 3.03. The average molecular weight is 407 g/mol. The minimum atomic E-state index is -0.531. The standard InChI is InChI=1S/C22H38N4O3/c1-2-3-4-5-6-7-8-9-10-11-12-13-18-23-25-22(29)26-24-21(28)19-14-16-20(27)17-15-19/h14-17,23,27H,2-13,18H2,1H3,(H,24,28)(H2,25,26,29). The molecular weight excluding hydrogens is 368 g/mol. The van der Waals surface area contributed by atoms with Gasteiger partial charge in [-0.15, -0.1) is 0 Å². The minimum absolute atomic E-state index is 0.0780. The molecule has 0 unspecified atom stereocenters. The number of amides is 3. The summed E-state index contributed by atoms with van der Waals surface area (Å²) in [4.78, 5) is 23.4. The smallest absolute Gasteiger partial charge is 0.347 e. The van der Waals surface area contributed by atoms with Crippen molar-refractivity contribution in [3.8, 4) is 5.75 Å². The number of nitrogens with one attached hydrogen (secondary N) is 4. The zero-order valence-corrected chi connectivity index (χ0v) is 17.8. The third-order valence-corrected chi connectivity index (χ3v) is 4.78. The summed E-state index contributed by atoms with van der Waals surface area (Å²) in [6, 6.07) is 5.22. The molecule has 164 valence electrons. The van der Waals surface area contributed by atoms with E-state index in [2.05, 4.69) is 28.6 Å². The monoisotopic (exact) mass is 406 g/mol. The molecule has 0 bridgehead atoms. The molecule has 3 amide bonds. The summed E-state index contributed by atoms with van der Waals surface area (Å²) in [5.74, 6) is -0.379. The van der Waals surface area contributed by atoms with E-state index >= 15 is 0 Å². The highest BCUT2D eigenvalue weighted by Gasteiger charge is 2.06. The highest BCUT2D eigenvalue weighted by molar-refractivity contribution is 5.95. The van der Waals surface area contributed by atoms with Crippen LogP contribution in [-0.4, -0.2) is 23.6 Å². The predicted molar refractivity (Wildman–Crippen MR) is 116 cm³/mol. The highest BCUT2D eigenvalue weighted by atomic mass is 16.3. The Kier molecular flexibility index (Phi) is 14.2. The molecule has 0 radical (unpaired) electrons. The quantitative estimate of drug-likeness (QED) is 0.218. The SMILES string of the molecule is CCCCCCCCCCCCCCNNC(=O)NNC(=O)c1ccc(O)cc1. The molecule has 5 N–H and O–H groups in total. The van der Waals surface area contributed by atoms with Gasteiger partial charge in [0.15, 0.2) is 0 Å². The number of urea groups is 1. The van der Waals surface area contributed by atoms with Gasteiger partial charge in [-0.1, -0.05) is 77.6 Å². The van der Waals surface area contributed by atoms with Crippen molar-refractivity contribution in [3.05, 3.63) is 29.8 Å². The molecule has 29 heavy (non-hydrogen) atoms. The molecule has 0 atom stereocenters. The van der Waals surface area contributed by atoms with Gasteiger partial charge in [-0.3, -0.25) is 15.6 Å². The lowest BCUT2D eigenvalue weighted by Gasteiger charge is -2.10. The summed E-state index contributed by atoms with van der Waals surface area (Å²) in [6.07, 6.45) is 15.5. The van der Waals surface area contributed by atoms with Gasteiger partial charge in [0.2, 0.25) is 0 Å². The molecule has 0 spiro atoms. The molecule has 7 heteroatoms. The molecule has 0 saturated heterocycles. The Morgan fingerprint density at radius 3 is 1.79 bits per heavy atom. The first kappa shape index (κ1) is 24.8. The Labute approximate surface area is 175 Å². The Bertz CT molecular complexity index is 564. The maximum absolute atomic E-state index is 11.8. The second-order valence-corrected chi connectivity index (χ2v) is 7.40. The van der Waals surface area contributed by atoms with Gasteiger partial charge < -0.3 is 5.11 Å². The molecule has 7 nitrogen and oxygen atoms in total. The third kappa shape index (κ3) is 13.5. The van der Waals surface area contributed by atoms with Crippen molar-refractivity contribution in [2.45, 2.75) is 84.0 Å². The number of phenolic OH excluding ortho intramolecular Hbond substituents is 1. The van der Waals surface area contributed by atoms with Crippen LogP contribution in [0.3, 0.4) is 0 Å². The van der Waals surface area contributed by atoms with E-state index in [1.165, 1.54) is 88.5 Å². The second kappa shape index (κ2) is 16.7. The maximum atomic E-state index is 11.8. The van der Waals surface area contributed by atoms with Gasteiger partial charge in [0.1, 0.15) is 5.75 Å². The molecule has 0 aliphatic rings. The fraction of sp³-hybridized carbons (Fsp3) is 0.636. The summed E-state index contributed by atoms with van der Waals surface area (Å²) >= 11 is 0. The van der Waals surface area contributed by atoms with Crippen LogP contribution in [0.15, 0.2) is 24.3 Å². The van der Waals surface area contributed by atoms with Crippen LogP contribution in [0.2, 0.25) is 0 Å².